The largest absolute Gasteiger partial charge is 0.480 e. The first kappa shape index (κ1) is 11.5. The van der Waals surface area contributed by atoms with E-state index >= 15 is 0 Å². The molecule has 0 heterocycles. The van der Waals surface area contributed by atoms with Gasteiger partial charge < -0.3 is 5.11 Å². The quantitative estimate of drug-likeness (QED) is 0.692. The van der Waals surface area contributed by atoms with E-state index in [-0.39, 0.29) is 18.2 Å². The highest BCUT2D eigenvalue weighted by molar-refractivity contribution is 7.89. The van der Waals surface area contributed by atoms with Crippen LogP contribution in [0.5, 0.6) is 0 Å². The van der Waals surface area contributed by atoms with Crippen LogP contribution in [-0.2, 0) is 14.8 Å². The van der Waals surface area contributed by atoms with Crippen LogP contribution in [0.25, 0.3) is 0 Å². The summed E-state index contributed by atoms with van der Waals surface area (Å²) in [4.78, 5) is 10.4. The van der Waals surface area contributed by atoms with Crippen molar-refractivity contribution in [1.82, 2.24) is 4.31 Å². The van der Waals surface area contributed by atoms with Gasteiger partial charge in [-0.15, -0.1) is 0 Å². The van der Waals surface area contributed by atoms with Crippen LogP contribution in [0, 0.1) is 5.92 Å². The number of carboxylic acids is 1. The van der Waals surface area contributed by atoms with Gasteiger partial charge in [0.25, 0.3) is 0 Å². The number of hydrogen-bond donors (Lipinski definition) is 1. The summed E-state index contributed by atoms with van der Waals surface area (Å²) in [6.45, 7) is 1.44. The third kappa shape index (κ3) is 3.26. The summed E-state index contributed by atoms with van der Waals surface area (Å²) in [7, 11) is -3.35. The number of sulfonamides is 1. The minimum atomic E-state index is -3.35. The predicted octanol–water partition coefficient (Wildman–Crippen LogP) is 0.133. The normalized spacial score (nSPS) is 17.3. The molecule has 0 unspecified atom stereocenters. The first-order valence-electron chi connectivity index (χ1n) is 4.65. The van der Waals surface area contributed by atoms with Crippen molar-refractivity contribution in [3.63, 3.8) is 0 Å². The lowest BCUT2D eigenvalue weighted by atomic mass is 10.5. The Morgan fingerprint density at radius 3 is 2.43 bits per heavy atom. The van der Waals surface area contributed by atoms with E-state index in [2.05, 4.69) is 0 Å². The molecular formula is C8H15NO4S. The van der Waals surface area contributed by atoms with Gasteiger partial charge in [0.15, 0.2) is 0 Å². The number of hydrogen-bond acceptors (Lipinski definition) is 3. The van der Waals surface area contributed by atoms with Gasteiger partial charge in [-0.3, -0.25) is 4.79 Å². The Bertz CT molecular complexity index is 307. The second-order valence-electron chi connectivity index (χ2n) is 3.54. The van der Waals surface area contributed by atoms with Gasteiger partial charge in [0.05, 0.1) is 5.75 Å². The van der Waals surface area contributed by atoms with Gasteiger partial charge in [-0.2, -0.15) is 4.31 Å². The average molecular weight is 221 g/mol. The van der Waals surface area contributed by atoms with Crippen LogP contribution in [0.4, 0.5) is 0 Å². The van der Waals surface area contributed by atoms with Crippen molar-refractivity contribution in [3.8, 4) is 0 Å². The van der Waals surface area contributed by atoms with Crippen molar-refractivity contribution in [2.24, 2.45) is 5.92 Å². The zero-order chi connectivity index (χ0) is 10.8. The maximum absolute atomic E-state index is 11.6. The lowest BCUT2D eigenvalue weighted by Crippen LogP contribution is -2.37. The van der Waals surface area contributed by atoms with Gasteiger partial charge in [-0.1, -0.05) is 6.92 Å². The molecule has 0 spiro atoms. The highest BCUT2D eigenvalue weighted by Gasteiger charge is 2.32. The summed E-state index contributed by atoms with van der Waals surface area (Å²) in [6, 6.07) is 0. The Morgan fingerprint density at radius 2 is 2.07 bits per heavy atom. The molecule has 1 saturated carbocycles. The molecule has 0 aromatic carbocycles. The molecule has 0 aromatic heterocycles. The van der Waals surface area contributed by atoms with Crippen LogP contribution in [0.1, 0.15) is 19.8 Å². The van der Waals surface area contributed by atoms with Crippen LogP contribution in [0.2, 0.25) is 0 Å². The fourth-order valence-electron chi connectivity index (χ4n) is 1.25. The van der Waals surface area contributed by atoms with E-state index in [1.54, 1.807) is 6.92 Å². The molecule has 0 aromatic rings. The minimum Gasteiger partial charge on any atom is -0.480 e. The van der Waals surface area contributed by atoms with E-state index < -0.39 is 22.5 Å². The Hall–Kier alpha value is -0.620. The van der Waals surface area contributed by atoms with Gasteiger partial charge in [0, 0.05) is 6.54 Å². The Morgan fingerprint density at radius 1 is 1.50 bits per heavy atom. The molecule has 0 radical (unpaired) electrons. The van der Waals surface area contributed by atoms with E-state index in [1.165, 1.54) is 0 Å². The molecule has 1 aliphatic carbocycles. The fourth-order valence-corrected chi connectivity index (χ4v) is 3.09. The number of carbonyl (C=O) groups is 1. The number of aliphatic carboxylic acids is 1. The number of nitrogens with zero attached hydrogens (tertiary/aromatic N) is 1. The van der Waals surface area contributed by atoms with E-state index in [9.17, 15) is 13.2 Å². The Labute approximate surface area is 83.8 Å². The molecule has 0 amide bonds. The Balaban J connectivity index is 2.60. The van der Waals surface area contributed by atoms with Crippen LogP contribution in [0.15, 0.2) is 0 Å². The summed E-state index contributed by atoms with van der Waals surface area (Å²) < 4.78 is 24.2. The molecule has 14 heavy (non-hydrogen) atoms. The van der Waals surface area contributed by atoms with Crippen LogP contribution >= 0.6 is 0 Å². The zero-order valence-electron chi connectivity index (χ0n) is 8.14. The molecule has 0 bridgehead atoms. The summed E-state index contributed by atoms with van der Waals surface area (Å²) in [5.74, 6) is -0.747. The monoisotopic (exact) mass is 221 g/mol. The standard InChI is InChI=1S/C8H15NO4S/c1-2-9(5-8(10)11)14(12,13)6-7-3-4-7/h7H,2-6H2,1H3,(H,10,11). The van der Waals surface area contributed by atoms with Gasteiger partial charge >= 0.3 is 5.97 Å². The van der Waals surface area contributed by atoms with Gasteiger partial charge in [-0.05, 0) is 18.8 Å². The van der Waals surface area contributed by atoms with Crippen LogP contribution < -0.4 is 0 Å². The molecule has 1 fully saturated rings. The number of carboxylic acid groups (broad SMARTS) is 1. The van der Waals surface area contributed by atoms with Gasteiger partial charge in [0.1, 0.15) is 6.54 Å². The van der Waals surface area contributed by atoms with E-state index in [0.717, 1.165) is 17.1 Å². The number of rotatable bonds is 6. The van der Waals surface area contributed by atoms with Crippen molar-refractivity contribution >= 4 is 16.0 Å². The van der Waals surface area contributed by atoms with Crippen LogP contribution in [0.3, 0.4) is 0 Å². The molecule has 0 aliphatic heterocycles. The molecule has 0 saturated heterocycles. The second-order valence-corrected chi connectivity index (χ2v) is 5.56. The Kier molecular flexibility index (Phi) is 3.49. The SMILES string of the molecule is CCN(CC(=O)O)S(=O)(=O)CC1CC1. The summed E-state index contributed by atoms with van der Waals surface area (Å²) in [6.07, 6.45) is 1.90. The summed E-state index contributed by atoms with van der Waals surface area (Å²) in [5, 5.41) is 8.52. The van der Waals surface area contributed by atoms with E-state index in [4.69, 9.17) is 5.11 Å². The minimum absolute atomic E-state index is 0.105. The van der Waals surface area contributed by atoms with Crippen LogP contribution in [-0.4, -0.2) is 42.6 Å². The lowest BCUT2D eigenvalue weighted by Gasteiger charge is -2.17. The molecule has 1 aliphatic rings. The molecular weight excluding hydrogens is 206 g/mol. The summed E-state index contributed by atoms with van der Waals surface area (Å²) >= 11 is 0. The summed E-state index contributed by atoms with van der Waals surface area (Å²) in [5.41, 5.74) is 0. The number of likely N-dealkylation sites (N-methyl/N-ethyl adjacent to an activating group) is 1. The molecule has 1 N–H and O–H groups in total. The van der Waals surface area contributed by atoms with E-state index in [0.29, 0.717) is 0 Å². The highest BCUT2D eigenvalue weighted by Crippen LogP contribution is 2.31. The smallest absolute Gasteiger partial charge is 0.318 e. The first-order valence-corrected chi connectivity index (χ1v) is 6.26. The maximum atomic E-state index is 11.6. The van der Waals surface area contributed by atoms with Crippen molar-refractivity contribution in [2.75, 3.05) is 18.8 Å². The van der Waals surface area contributed by atoms with Crippen molar-refractivity contribution in [3.05, 3.63) is 0 Å². The predicted molar refractivity (Wildman–Crippen MR) is 51.4 cm³/mol. The fraction of sp³-hybridized carbons (Fsp3) is 0.875. The molecule has 82 valence electrons. The third-order valence-corrected chi connectivity index (χ3v) is 4.27. The van der Waals surface area contributed by atoms with Crippen molar-refractivity contribution < 1.29 is 18.3 Å². The van der Waals surface area contributed by atoms with Crippen molar-refractivity contribution in [1.29, 1.82) is 0 Å². The topological polar surface area (TPSA) is 74.7 Å². The lowest BCUT2D eigenvalue weighted by molar-refractivity contribution is -0.137. The average Bonchev–Trinajstić information content (AvgIpc) is 2.82. The van der Waals surface area contributed by atoms with Crippen molar-refractivity contribution in [2.45, 2.75) is 19.8 Å². The zero-order valence-corrected chi connectivity index (χ0v) is 8.96. The third-order valence-electron chi connectivity index (χ3n) is 2.20. The molecule has 6 heteroatoms. The molecule has 1 rings (SSSR count). The highest BCUT2D eigenvalue weighted by atomic mass is 32.2. The van der Waals surface area contributed by atoms with E-state index in [1.807, 2.05) is 0 Å². The molecule has 0 atom stereocenters. The maximum Gasteiger partial charge on any atom is 0.318 e. The second kappa shape index (κ2) is 4.27. The first-order chi connectivity index (χ1) is 6.45. The molecule has 5 nitrogen and oxygen atoms in total. The van der Waals surface area contributed by atoms with Gasteiger partial charge in [-0.25, -0.2) is 8.42 Å². The van der Waals surface area contributed by atoms with Gasteiger partial charge in [0.2, 0.25) is 10.0 Å².